The van der Waals surface area contributed by atoms with E-state index in [4.69, 9.17) is 0 Å². The highest BCUT2D eigenvalue weighted by atomic mass is 16.2. The second-order valence-electron chi connectivity index (χ2n) is 7.82. The van der Waals surface area contributed by atoms with Crippen LogP contribution in [-0.4, -0.2) is 38.2 Å². The maximum Gasteiger partial charge on any atom is 0.345 e. The molecule has 3 aliphatic rings. The Bertz CT molecular complexity index is 667. The van der Waals surface area contributed by atoms with Crippen LogP contribution in [-0.2, 0) is 11.8 Å². The number of aromatic nitrogens is 3. The summed E-state index contributed by atoms with van der Waals surface area (Å²) in [5.41, 5.74) is 0.0133. The van der Waals surface area contributed by atoms with Crippen molar-refractivity contribution in [3.63, 3.8) is 0 Å². The van der Waals surface area contributed by atoms with Crippen LogP contribution in [0.3, 0.4) is 0 Å². The number of aryl methyl sites for hydroxylation is 1. The first-order chi connectivity index (χ1) is 11.6. The van der Waals surface area contributed by atoms with Gasteiger partial charge in [-0.05, 0) is 38.5 Å². The molecule has 1 aromatic rings. The minimum Gasteiger partial charge on any atom is -0.342 e. The molecule has 6 nitrogen and oxygen atoms in total. The van der Waals surface area contributed by atoms with Crippen LogP contribution in [0, 0.1) is 5.92 Å². The molecule has 2 saturated carbocycles. The molecule has 1 unspecified atom stereocenters. The predicted molar refractivity (Wildman–Crippen MR) is 90.9 cm³/mol. The Morgan fingerprint density at radius 3 is 2.46 bits per heavy atom. The molecule has 2 aliphatic carbocycles. The zero-order valence-corrected chi connectivity index (χ0v) is 14.6. The molecule has 0 aromatic carbocycles. The summed E-state index contributed by atoms with van der Waals surface area (Å²) in [7, 11) is 1.75. The molecule has 1 atom stereocenters. The number of nitrogens with zero attached hydrogens (tertiary/aromatic N) is 4. The molecule has 6 heteroatoms. The Labute approximate surface area is 142 Å². The smallest absolute Gasteiger partial charge is 0.342 e. The summed E-state index contributed by atoms with van der Waals surface area (Å²) in [6.45, 7) is 1.60. The molecule has 1 aromatic heterocycles. The topological polar surface area (TPSA) is 60.1 Å². The molecule has 0 bridgehead atoms. The van der Waals surface area contributed by atoms with E-state index >= 15 is 0 Å². The van der Waals surface area contributed by atoms with Crippen molar-refractivity contribution in [2.75, 3.05) is 13.1 Å². The van der Waals surface area contributed by atoms with E-state index in [-0.39, 0.29) is 17.5 Å². The third-order valence-corrected chi connectivity index (χ3v) is 6.22. The van der Waals surface area contributed by atoms with E-state index < -0.39 is 0 Å². The van der Waals surface area contributed by atoms with Crippen LogP contribution < -0.4 is 5.69 Å². The summed E-state index contributed by atoms with van der Waals surface area (Å²) in [5.74, 6) is 1.71. The van der Waals surface area contributed by atoms with Crippen molar-refractivity contribution in [1.29, 1.82) is 0 Å². The first-order valence-electron chi connectivity index (χ1n) is 9.59. The molecule has 2 heterocycles. The van der Waals surface area contributed by atoms with Gasteiger partial charge in [0.1, 0.15) is 5.82 Å². The summed E-state index contributed by atoms with van der Waals surface area (Å²) in [5, 5.41) is 4.58. The standard InChI is InChI=1S/C18H28N4O2/c1-20-18(24)22(15-9-2-3-10-15)16(19-20)14-8-5-11-21(12-14)17(23)13-6-4-7-13/h13-15H,2-12H2,1H3. The number of carbonyl (C=O) groups is 1. The second-order valence-corrected chi connectivity index (χ2v) is 7.82. The van der Waals surface area contributed by atoms with Crippen molar-refractivity contribution in [3.8, 4) is 0 Å². The first kappa shape index (κ1) is 15.9. The van der Waals surface area contributed by atoms with Crippen LogP contribution in [0.1, 0.15) is 75.6 Å². The van der Waals surface area contributed by atoms with Crippen LogP contribution >= 0.6 is 0 Å². The van der Waals surface area contributed by atoms with Crippen molar-refractivity contribution in [3.05, 3.63) is 16.3 Å². The lowest BCUT2D eigenvalue weighted by Crippen LogP contribution is -2.44. The van der Waals surface area contributed by atoms with E-state index in [1.165, 1.54) is 23.9 Å². The SMILES string of the molecule is Cn1nc(C2CCCN(C(=O)C3CCC3)C2)n(C2CCCC2)c1=O. The van der Waals surface area contributed by atoms with E-state index in [2.05, 4.69) is 5.10 Å². The molecule has 4 rings (SSSR count). The van der Waals surface area contributed by atoms with Gasteiger partial charge in [-0.2, -0.15) is 5.10 Å². The highest BCUT2D eigenvalue weighted by Gasteiger charge is 2.35. The Kier molecular flexibility index (Phi) is 4.22. The molecule has 0 spiro atoms. The lowest BCUT2D eigenvalue weighted by molar-refractivity contribution is -0.139. The van der Waals surface area contributed by atoms with E-state index in [0.717, 1.165) is 57.4 Å². The zero-order chi connectivity index (χ0) is 16.7. The van der Waals surface area contributed by atoms with Crippen molar-refractivity contribution < 1.29 is 4.79 Å². The minimum absolute atomic E-state index is 0.0133. The van der Waals surface area contributed by atoms with Gasteiger partial charge in [-0.1, -0.05) is 19.3 Å². The number of piperidine rings is 1. The van der Waals surface area contributed by atoms with Crippen LogP contribution in [0.5, 0.6) is 0 Å². The van der Waals surface area contributed by atoms with Gasteiger partial charge in [0.15, 0.2) is 0 Å². The number of hydrogen-bond donors (Lipinski definition) is 0. The lowest BCUT2D eigenvalue weighted by Gasteiger charge is -2.37. The number of rotatable bonds is 3. The molecule has 3 fully saturated rings. The number of likely N-dealkylation sites (tertiary alicyclic amines) is 1. The van der Waals surface area contributed by atoms with E-state index in [9.17, 15) is 9.59 Å². The Hall–Kier alpha value is -1.59. The molecule has 1 saturated heterocycles. The van der Waals surface area contributed by atoms with Gasteiger partial charge in [-0.25, -0.2) is 9.48 Å². The van der Waals surface area contributed by atoms with Gasteiger partial charge in [0, 0.05) is 38.0 Å². The quantitative estimate of drug-likeness (QED) is 0.852. The van der Waals surface area contributed by atoms with Crippen molar-refractivity contribution in [2.45, 2.75) is 69.7 Å². The summed E-state index contributed by atoms with van der Waals surface area (Å²) < 4.78 is 3.44. The third kappa shape index (κ3) is 2.70. The summed E-state index contributed by atoms with van der Waals surface area (Å²) in [6, 6.07) is 0.305. The van der Waals surface area contributed by atoms with Crippen LogP contribution in [0.4, 0.5) is 0 Å². The molecule has 132 valence electrons. The fraction of sp³-hybridized carbons (Fsp3) is 0.833. The van der Waals surface area contributed by atoms with Crippen molar-refractivity contribution in [2.24, 2.45) is 13.0 Å². The normalized spacial score (nSPS) is 25.9. The minimum atomic E-state index is 0.0133. The second kappa shape index (κ2) is 6.37. The fourth-order valence-electron chi connectivity index (χ4n) is 4.58. The average molecular weight is 332 g/mol. The monoisotopic (exact) mass is 332 g/mol. The highest BCUT2D eigenvalue weighted by Crippen LogP contribution is 2.34. The van der Waals surface area contributed by atoms with Gasteiger partial charge in [-0.3, -0.25) is 9.36 Å². The van der Waals surface area contributed by atoms with Crippen LogP contribution in [0.2, 0.25) is 0 Å². The number of amides is 1. The van der Waals surface area contributed by atoms with Gasteiger partial charge in [0.25, 0.3) is 0 Å². The number of hydrogen-bond acceptors (Lipinski definition) is 3. The van der Waals surface area contributed by atoms with Crippen LogP contribution in [0.15, 0.2) is 4.79 Å². The third-order valence-electron chi connectivity index (χ3n) is 6.22. The van der Waals surface area contributed by atoms with Gasteiger partial charge in [0.05, 0.1) is 0 Å². The zero-order valence-electron chi connectivity index (χ0n) is 14.6. The molecule has 0 radical (unpaired) electrons. The predicted octanol–water partition coefficient (Wildman–Crippen LogP) is 2.20. The summed E-state index contributed by atoms with van der Waals surface area (Å²) in [4.78, 5) is 27.2. The Balaban J connectivity index is 1.57. The maximum atomic E-state index is 12.6. The number of carbonyl (C=O) groups excluding carboxylic acids is 1. The summed E-state index contributed by atoms with van der Waals surface area (Å²) in [6.07, 6.45) is 9.88. The largest absolute Gasteiger partial charge is 0.345 e. The van der Waals surface area contributed by atoms with Gasteiger partial charge >= 0.3 is 5.69 Å². The maximum absolute atomic E-state index is 12.6. The first-order valence-corrected chi connectivity index (χ1v) is 9.59. The molecular formula is C18H28N4O2. The van der Waals surface area contributed by atoms with Crippen molar-refractivity contribution in [1.82, 2.24) is 19.2 Å². The molecule has 0 N–H and O–H groups in total. The molecule has 1 amide bonds. The Morgan fingerprint density at radius 2 is 1.79 bits per heavy atom. The average Bonchev–Trinajstić information content (AvgIpc) is 3.15. The molecule has 1 aliphatic heterocycles. The van der Waals surface area contributed by atoms with Crippen LogP contribution in [0.25, 0.3) is 0 Å². The fourth-order valence-corrected chi connectivity index (χ4v) is 4.58. The summed E-state index contributed by atoms with van der Waals surface area (Å²) >= 11 is 0. The van der Waals surface area contributed by atoms with E-state index in [1.54, 1.807) is 7.05 Å². The van der Waals surface area contributed by atoms with Gasteiger partial charge in [-0.15, -0.1) is 0 Å². The highest BCUT2D eigenvalue weighted by molar-refractivity contribution is 5.79. The lowest BCUT2D eigenvalue weighted by atomic mass is 9.83. The van der Waals surface area contributed by atoms with Crippen molar-refractivity contribution >= 4 is 5.91 Å². The van der Waals surface area contributed by atoms with E-state index in [1.807, 2.05) is 9.47 Å². The Morgan fingerprint density at radius 1 is 1.04 bits per heavy atom. The molecule has 24 heavy (non-hydrogen) atoms. The van der Waals surface area contributed by atoms with Gasteiger partial charge < -0.3 is 4.90 Å². The molecular weight excluding hydrogens is 304 g/mol. The van der Waals surface area contributed by atoms with E-state index in [0.29, 0.717) is 11.9 Å². The van der Waals surface area contributed by atoms with Gasteiger partial charge in [0.2, 0.25) is 5.91 Å².